The molecule has 4 atom stereocenters. The van der Waals surface area contributed by atoms with E-state index in [-0.39, 0.29) is 12.1 Å². The van der Waals surface area contributed by atoms with Crippen molar-refractivity contribution in [2.24, 2.45) is 22.7 Å². The summed E-state index contributed by atoms with van der Waals surface area (Å²) in [5.74, 6) is -4.30. The second-order valence-electron chi connectivity index (χ2n) is 7.01. The molecule has 0 radical (unpaired) electrons. The lowest BCUT2D eigenvalue weighted by Gasteiger charge is -2.45. The van der Waals surface area contributed by atoms with Crippen LogP contribution >= 0.6 is 0 Å². The van der Waals surface area contributed by atoms with Crippen molar-refractivity contribution in [3.05, 3.63) is 54.8 Å². The lowest BCUT2D eigenvalue weighted by molar-refractivity contribution is -0.262. The van der Waals surface area contributed by atoms with Gasteiger partial charge in [-0.2, -0.15) is 13.2 Å². The molecule has 27 heavy (non-hydrogen) atoms. The Labute approximate surface area is 153 Å². The number of nitrogens with one attached hydrogen (secondary N) is 1. The number of esters is 1. The number of methoxy groups -OCH3 is 1. The number of para-hydroxylation sites is 1. The van der Waals surface area contributed by atoms with Crippen molar-refractivity contribution < 1.29 is 27.5 Å². The summed E-state index contributed by atoms with van der Waals surface area (Å²) in [5.41, 5.74) is -2.28. The van der Waals surface area contributed by atoms with Crippen LogP contribution in [0.5, 0.6) is 0 Å². The van der Waals surface area contributed by atoms with Gasteiger partial charge in [-0.15, -0.1) is 0 Å². The molecule has 1 saturated heterocycles. The quantitative estimate of drug-likeness (QED) is 0.635. The van der Waals surface area contributed by atoms with Gasteiger partial charge < -0.3 is 4.74 Å². The summed E-state index contributed by atoms with van der Waals surface area (Å²) in [4.78, 5) is 26.1. The predicted octanol–water partition coefficient (Wildman–Crippen LogP) is 2.97. The van der Waals surface area contributed by atoms with Crippen LogP contribution in [0.25, 0.3) is 0 Å². The third-order valence-corrected chi connectivity index (χ3v) is 6.05. The number of benzene rings is 1. The molecule has 3 aliphatic rings. The number of halogens is 3. The predicted molar refractivity (Wildman–Crippen MR) is 89.9 cm³/mol. The number of ether oxygens (including phenoxy) is 1. The zero-order valence-electron chi connectivity index (χ0n) is 14.4. The molecule has 1 spiro atoms. The van der Waals surface area contributed by atoms with E-state index in [1.165, 1.54) is 6.08 Å². The minimum Gasteiger partial charge on any atom is -0.468 e. The van der Waals surface area contributed by atoms with Crippen molar-refractivity contribution >= 4 is 17.6 Å². The molecule has 1 N–H and O–H groups in total. The van der Waals surface area contributed by atoms with Crippen LogP contribution in [0.4, 0.5) is 18.9 Å². The second-order valence-corrected chi connectivity index (χ2v) is 7.01. The number of hydrogen-bond donors (Lipinski definition) is 1. The number of hydrogen-bond acceptors (Lipinski definition) is 4. The van der Waals surface area contributed by atoms with E-state index >= 15 is 0 Å². The maximum Gasteiger partial charge on any atom is 0.406 e. The van der Waals surface area contributed by atoms with Gasteiger partial charge in [0.15, 0.2) is 5.41 Å². The first-order chi connectivity index (χ1) is 12.7. The average Bonchev–Trinajstić information content (AvgIpc) is 3.29. The molecule has 8 heteroatoms. The largest absolute Gasteiger partial charge is 0.468 e. The summed E-state index contributed by atoms with van der Waals surface area (Å²) in [6.45, 7) is 3.74. The topological polar surface area (TPSA) is 58.6 Å². The Kier molecular flexibility index (Phi) is 3.51. The van der Waals surface area contributed by atoms with E-state index in [2.05, 4.69) is 16.7 Å². The van der Waals surface area contributed by atoms with E-state index < -0.39 is 40.7 Å². The summed E-state index contributed by atoms with van der Waals surface area (Å²) >= 11 is 0. The zero-order valence-corrected chi connectivity index (χ0v) is 14.4. The van der Waals surface area contributed by atoms with Crippen molar-refractivity contribution in [2.75, 3.05) is 12.1 Å². The van der Waals surface area contributed by atoms with Gasteiger partial charge in [0.25, 0.3) is 5.91 Å². The van der Waals surface area contributed by atoms with Crippen molar-refractivity contribution in [3.8, 4) is 0 Å². The van der Waals surface area contributed by atoms with Crippen LogP contribution in [0.3, 0.4) is 0 Å². The molecule has 1 amide bonds. The lowest BCUT2D eigenvalue weighted by atomic mass is 9.55. The Balaban J connectivity index is 1.97. The molecule has 5 nitrogen and oxygen atoms in total. The number of carbonyl (C=O) groups excluding carboxylic acids is 2. The van der Waals surface area contributed by atoms with Crippen molar-refractivity contribution in [1.29, 1.82) is 0 Å². The molecule has 2 aliphatic carbocycles. The zero-order chi connectivity index (χ0) is 19.6. The molecule has 1 heterocycles. The van der Waals surface area contributed by atoms with Gasteiger partial charge >= 0.3 is 12.1 Å². The Hall–Kier alpha value is -2.77. The van der Waals surface area contributed by atoms with E-state index in [4.69, 9.17) is 0 Å². The van der Waals surface area contributed by atoms with E-state index in [1.807, 2.05) is 0 Å². The molecular formula is C19H17F3N2O3. The fourth-order valence-electron chi connectivity index (χ4n) is 5.08. The first-order valence-corrected chi connectivity index (χ1v) is 8.42. The monoisotopic (exact) mass is 378 g/mol. The maximum absolute atomic E-state index is 14.5. The van der Waals surface area contributed by atoms with E-state index in [1.54, 1.807) is 36.4 Å². The van der Waals surface area contributed by atoms with Crippen LogP contribution in [-0.4, -0.2) is 25.2 Å². The lowest BCUT2D eigenvalue weighted by Crippen LogP contribution is -2.63. The highest BCUT2D eigenvalue weighted by atomic mass is 19.4. The number of amides is 1. The number of fused-ring (bicyclic) bond motifs is 3. The molecule has 2 fully saturated rings. The van der Waals surface area contributed by atoms with Gasteiger partial charge in [-0.25, -0.2) is 5.01 Å². The van der Waals surface area contributed by atoms with Crippen LogP contribution in [0, 0.1) is 22.7 Å². The number of allylic oxidation sites excluding steroid dienone is 2. The van der Waals surface area contributed by atoms with Crippen LogP contribution < -0.4 is 10.4 Å². The maximum atomic E-state index is 14.5. The summed E-state index contributed by atoms with van der Waals surface area (Å²) in [6, 6.07) is 8.23. The number of hydrazine groups is 1. The number of alkyl halides is 3. The highest BCUT2D eigenvalue weighted by molar-refractivity contribution is 6.07. The molecule has 2 bridgehead atoms. The van der Waals surface area contributed by atoms with Gasteiger partial charge in [-0.05, 0) is 24.5 Å². The van der Waals surface area contributed by atoms with E-state index in [0.29, 0.717) is 5.69 Å². The molecule has 1 saturated carbocycles. The van der Waals surface area contributed by atoms with Gasteiger partial charge in [0.1, 0.15) is 5.41 Å². The summed E-state index contributed by atoms with van der Waals surface area (Å²) < 4.78 is 48.1. The summed E-state index contributed by atoms with van der Waals surface area (Å²) in [5, 5.41) is 1.04. The number of nitrogens with zero attached hydrogens (tertiary/aromatic N) is 1. The van der Waals surface area contributed by atoms with Crippen LogP contribution in [0.1, 0.15) is 6.42 Å². The Morgan fingerprint density at radius 3 is 2.48 bits per heavy atom. The van der Waals surface area contributed by atoms with Crippen LogP contribution in [0.2, 0.25) is 0 Å². The number of anilines is 1. The molecule has 1 aromatic carbocycles. The fourth-order valence-corrected chi connectivity index (χ4v) is 5.08. The van der Waals surface area contributed by atoms with Crippen molar-refractivity contribution in [2.45, 2.75) is 12.6 Å². The average molecular weight is 378 g/mol. The SMILES string of the molecule is C=C1NN(c2ccccc2)C(=O)[C@@]12[C@H]1C=C[C@H](C1)[C@]2(C(=O)OC)C(F)(F)F. The Bertz CT molecular complexity index is 867. The number of rotatable bonds is 2. The first kappa shape index (κ1) is 17.6. The van der Waals surface area contributed by atoms with Crippen molar-refractivity contribution in [1.82, 2.24) is 5.43 Å². The Morgan fingerprint density at radius 1 is 1.26 bits per heavy atom. The third kappa shape index (κ3) is 1.80. The fraction of sp³-hybridized carbons (Fsp3) is 0.368. The third-order valence-electron chi connectivity index (χ3n) is 6.05. The second kappa shape index (κ2) is 5.37. The molecule has 1 aromatic rings. The molecule has 4 rings (SSSR count). The van der Waals surface area contributed by atoms with Gasteiger partial charge in [0, 0.05) is 11.6 Å². The first-order valence-electron chi connectivity index (χ1n) is 8.42. The number of carbonyl (C=O) groups is 2. The normalized spacial score (nSPS) is 34.4. The summed E-state index contributed by atoms with van der Waals surface area (Å²) in [7, 11) is 0.907. The smallest absolute Gasteiger partial charge is 0.406 e. The Morgan fingerprint density at radius 2 is 1.89 bits per heavy atom. The molecule has 142 valence electrons. The molecule has 1 aliphatic heterocycles. The van der Waals surface area contributed by atoms with Gasteiger partial charge in [0.2, 0.25) is 0 Å². The van der Waals surface area contributed by atoms with Crippen LogP contribution in [0.15, 0.2) is 54.8 Å². The summed E-state index contributed by atoms with van der Waals surface area (Å²) in [6.07, 6.45) is -2.02. The van der Waals surface area contributed by atoms with E-state index in [9.17, 15) is 22.8 Å². The molecule has 0 unspecified atom stereocenters. The van der Waals surface area contributed by atoms with Gasteiger partial charge in [-0.3, -0.25) is 15.0 Å². The van der Waals surface area contributed by atoms with Crippen LogP contribution in [-0.2, 0) is 14.3 Å². The minimum atomic E-state index is -5.00. The van der Waals surface area contributed by atoms with Gasteiger partial charge in [-0.1, -0.05) is 36.9 Å². The minimum absolute atomic E-state index is 0.0314. The molecular weight excluding hydrogens is 361 g/mol. The standard InChI is InChI=1S/C19H17F3N2O3/c1-11-17(15(25)24(23-11)14-6-4-3-5-7-14)12-8-9-13(10-12)18(17,16(26)27-2)19(20,21)22/h3-9,12-13,23H,1,10H2,2H3/t12-,13+,17-,18+/m0/s1. The highest BCUT2D eigenvalue weighted by Gasteiger charge is 2.86. The molecule has 0 aromatic heterocycles. The van der Waals surface area contributed by atoms with Crippen molar-refractivity contribution in [3.63, 3.8) is 0 Å². The van der Waals surface area contributed by atoms with E-state index in [0.717, 1.165) is 12.1 Å². The highest BCUT2D eigenvalue weighted by Crippen LogP contribution is 2.73. The van der Waals surface area contributed by atoms with Gasteiger partial charge in [0.05, 0.1) is 12.8 Å².